The highest BCUT2D eigenvalue weighted by molar-refractivity contribution is 6.30. The molecule has 2 aromatic carbocycles. The summed E-state index contributed by atoms with van der Waals surface area (Å²) in [5.74, 6) is -1.14. The first-order valence-corrected chi connectivity index (χ1v) is 8.52. The minimum absolute atomic E-state index is 0.00108. The van der Waals surface area contributed by atoms with Gasteiger partial charge in [-0.3, -0.25) is 14.2 Å². The lowest BCUT2D eigenvalue weighted by Gasteiger charge is -2.08. The first kappa shape index (κ1) is 17.8. The molecule has 10 heteroatoms. The van der Waals surface area contributed by atoms with E-state index in [4.69, 9.17) is 11.6 Å². The van der Waals surface area contributed by atoms with E-state index < -0.39 is 17.3 Å². The minimum atomic E-state index is -0.574. The Hall–Kier alpha value is -3.59. The summed E-state index contributed by atoms with van der Waals surface area (Å²) in [5.41, 5.74) is 0.319. The Balaban J connectivity index is 1.63. The van der Waals surface area contributed by atoms with Crippen LogP contribution in [0.5, 0.6) is 0 Å². The van der Waals surface area contributed by atoms with Crippen LogP contribution in [0.1, 0.15) is 0 Å². The van der Waals surface area contributed by atoms with Crippen LogP contribution in [0.2, 0.25) is 5.02 Å². The summed E-state index contributed by atoms with van der Waals surface area (Å²) in [6.45, 7) is -0.347. The van der Waals surface area contributed by atoms with Gasteiger partial charge in [0.2, 0.25) is 5.91 Å². The molecule has 2 aromatic heterocycles. The van der Waals surface area contributed by atoms with Gasteiger partial charge >= 0.3 is 0 Å². The Kier molecular flexibility index (Phi) is 4.58. The Labute approximate surface area is 162 Å². The van der Waals surface area contributed by atoms with Gasteiger partial charge in [-0.2, -0.15) is 4.68 Å². The lowest BCUT2D eigenvalue weighted by Crippen LogP contribution is -2.28. The zero-order valence-electron chi connectivity index (χ0n) is 14.2. The predicted octanol–water partition coefficient (Wildman–Crippen LogP) is 2.41. The normalized spacial score (nSPS) is 10.9. The summed E-state index contributed by atoms with van der Waals surface area (Å²) in [7, 11) is 0. The van der Waals surface area contributed by atoms with E-state index in [9.17, 15) is 14.0 Å². The molecule has 0 fully saturated rings. The van der Waals surface area contributed by atoms with Crippen molar-refractivity contribution < 1.29 is 9.18 Å². The van der Waals surface area contributed by atoms with Gasteiger partial charge in [0.25, 0.3) is 5.56 Å². The van der Waals surface area contributed by atoms with Crippen molar-refractivity contribution >= 4 is 34.4 Å². The molecule has 0 unspecified atom stereocenters. The van der Waals surface area contributed by atoms with Gasteiger partial charge in [0.15, 0.2) is 11.2 Å². The average molecular weight is 399 g/mol. The van der Waals surface area contributed by atoms with Crippen LogP contribution in [-0.2, 0) is 11.3 Å². The molecule has 8 nitrogen and oxygen atoms in total. The second-order valence-corrected chi connectivity index (χ2v) is 6.30. The lowest BCUT2D eigenvalue weighted by atomic mass is 10.3. The summed E-state index contributed by atoms with van der Waals surface area (Å²) >= 11 is 5.99. The molecule has 28 heavy (non-hydrogen) atoms. The smallest absolute Gasteiger partial charge is 0.284 e. The van der Waals surface area contributed by atoms with Gasteiger partial charge in [-0.05, 0) is 30.3 Å². The molecule has 140 valence electrons. The highest BCUT2D eigenvalue weighted by Gasteiger charge is 2.15. The van der Waals surface area contributed by atoms with Gasteiger partial charge in [0.1, 0.15) is 18.7 Å². The van der Waals surface area contributed by atoms with Crippen LogP contribution in [0.3, 0.4) is 0 Å². The predicted molar refractivity (Wildman–Crippen MR) is 101 cm³/mol. The molecule has 0 bridgehead atoms. The third-order valence-corrected chi connectivity index (χ3v) is 4.18. The number of nitrogens with zero attached hydrogens (tertiary/aromatic N) is 5. The number of halogens is 2. The fourth-order valence-corrected chi connectivity index (χ4v) is 2.83. The largest absolute Gasteiger partial charge is 0.322 e. The van der Waals surface area contributed by atoms with Gasteiger partial charge in [-0.1, -0.05) is 35.0 Å². The molecule has 2 heterocycles. The number of nitrogens with one attached hydrogen (secondary N) is 1. The molecule has 0 saturated heterocycles. The average Bonchev–Trinajstić information content (AvgIpc) is 3.11. The topological polar surface area (TPSA) is 94.7 Å². The summed E-state index contributed by atoms with van der Waals surface area (Å²) in [6, 6.07) is 12.6. The number of benzene rings is 2. The van der Waals surface area contributed by atoms with E-state index in [1.54, 1.807) is 30.3 Å². The number of fused-ring (bicyclic) bond motifs is 1. The maximum absolute atomic E-state index is 13.6. The van der Waals surface area contributed by atoms with Crippen molar-refractivity contribution in [2.75, 3.05) is 5.32 Å². The third kappa shape index (κ3) is 3.35. The van der Waals surface area contributed by atoms with Gasteiger partial charge in [0.05, 0.1) is 11.4 Å². The van der Waals surface area contributed by atoms with Crippen molar-refractivity contribution in [1.29, 1.82) is 0 Å². The Morgan fingerprint density at radius 2 is 2.00 bits per heavy atom. The number of hydrogen-bond acceptors (Lipinski definition) is 5. The molecule has 0 aliphatic carbocycles. The van der Waals surface area contributed by atoms with E-state index in [2.05, 4.69) is 20.6 Å². The van der Waals surface area contributed by atoms with Gasteiger partial charge in [-0.25, -0.2) is 9.37 Å². The van der Waals surface area contributed by atoms with Crippen LogP contribution < -0.4 is 10.9 Å². The number of amides is 1. The fourth-order valence-electron chi connectivity index (χ4n) is 2.65. The maximum atomic E-state index is 13.6. The van der Waals surface area contributed by atoms with Crippen molar-refractivity contribution in [1.82, 2.24) is 24.5 Å². The monoisotopic (exact) mass is 398 g/mol. The Morgan fingerprint density at radius 1 is 1.18 bits per heavy atom. The van der Waals surface area contributed by atoms with E-state index in [1.165, 1.54) is 29.2 Å². The first-order chi connectivity index (χ1) is 13.5. The standard InChI is InChI=1S/C18H12ClFN6O2/c19-11-4-3-5-12(8-11)26-17-16(23-24-26)18(28)25(10-21-17)9-15(27)22-14-7-2-1-6-13(14)20/h1-8,10H,9H2,(H,22,27). The molecule has 1 N–H and O–H groups in total. The quantitative estimate of drug-likeness (QED) is 0.569. The second-order valence-electron chi connectivity index (χ2n) is 5.86. The number of carbonyl (C=O) groups excluding carboxylic acids is 1. The van der Waals surface area contributed by atoms with Crippen LogP contribution >= 0.6 is 11.6 Å². The minimum Gasteiger partial charge on any atom is -0.322 e. The van der Waals surface area contributed by atoms with Gasteiger partial charge in [-0.15, -0.1) is 5.10 Å². The molecular weight excluding hydrogens is 387 g/mol. The third-order valence-electron chi connectivity index (χ3n) is 3.94. The number of para-hydroxylation sites is 1. The first-order valence-electron chi connectivity index (χ1n) is 8.14. The zero-order chi connectivity index (χ0) is 19.7. The molecular formula is C18H12ClFN6O2. The number of rotatable bonds is 4. The summed E-state index contributed by atoms with van der Waals surface area (Å²) in [6.07, 6.45) is 1.22. The van der Waals surface area contributed by atoms with E-state index >= 15 is 0 Å². The molecule has 4 rings (SSSR count). The van der Waals surface area contributed by atoms with Gasteiger partial charge < -0.3 is 5.32 Å². The number of carbonyl (C=O) groups is 1. The van der Waals surface area contributed by atoms with E-state index in [0.717, 1.165) is 4.57 Å². The van der Waals surface area contributed by atoms with Crippen molar-refractivity contribution in [2.45, 2.75) is 6.54 Å². The molecule has 0 spiro atoms. The van der Waals surface area contributed by atoms with Crippen LogP contribution in [0.15, 0.2) is 59.7 Å². The van der Waals surface area contributed by atoms with Crippen LogP contribution in [0, 0.1) is 5.82 Å². The Morgan fingerprint density at radius 3 is 2.79 bits per heavy atom. The zero-order valence-corrected chi connectivity index (χ0v) is 15.0. The number of anilines is 1. The van der Waals surface area contributed by atoms with E-state index in [1.807, 2.05) is 0 Å². The van der Waals surface area contributed by atoms with E-state index in [0.29, 0.717) is 10.7 Å². The van der Waals surface area contributed by atoms with Crippen molar-refractivity contribution in [2.24, 2.45) is 0 Å². The van der Waals surface area contributed by atoms with Crippen molar-refractivity contribution in [3.8, 4) is 5.69 Å². The molecule has 0 saturated carbocycles. The molecule has 0 aliphatic rings. The highest BCUT2D eigenvalue weighted by atomic mass is 35.5. The summed E-state index contributed by atoms with van der Waals surface area (Å²) in [4.78, 5) is 29.0. The van der Waals surface area contributed by atoms with Crippen molar-refractivity contribution in [3.05, 3.63) is 76.1 Å². The SMILES string of the molecule is O=C(Cn1cnc2c(nnn2-c2cccc(Cl)c2)c1=O)Nc1ccccc1F. The maximum Gasteiger partial charge on any atom is 0.284 e. The summed E-state index contributed by atoms with van der Waals surface area (Å²) in [5, 5.41) is 10.7. The lowest BCUT2D eigenvalue weighted by molar-refractivity contribution is -0.116. The van der Waals surface area contributed by atoms with Crippen LogP contribution in [0.25, 0.3) is 16.9 Å². The summed E-state index contributed by atoms with van der Waals surface area (Å²) < 4.78 is 16.1. The number of aromatic nitrogens is 5. The molecule has 0 atom stereocenters. The highest BCUT2D eigenvalue weighted by Crippen LogP contribution is 2.16. The van der Waals surface area contributed by atoms with E-state index in [-0.39, 0.29) is 23.4 Å². The molecule has 1 amide bonds. The molecule has 0 aliphatic heterocycles. The van der Waals surface area contributed by atoms with Crippen LogP contribution in [-0.4, -0.2) is 30.5 Å². The molecule has 4 aromatic rings. The number of hydrogen-bond donors (Lipinski definition) is 1. The molecule has 0 radical (unpaired) electrons. The van der Waals surface area contributed by atoms with Gasteiger partial charge in [0, 0.05) is 5.02 Å². The second kappa shape index (κ2) is 7.20. The van der Waals surface area contributed by atoms with Crippen LogP contribution in [0.4, 0.5) is 10.1 Å². The fraction of sp³-hybridized carbons (Fsp3) is 0.0556. The van der Waals surface area contributed by atoms with Crippen molar-refractivity contribution in [3.63, 3.8) is 0 Å². The Bertz CT molecular complexity index is 1250.